The van der Waals surface area contributed by atoms with Crippen LogP contribution >= 0.6 is 0 Å². The van der Waals surface area contributed by atoms with Gasteiger partial charge >= 0.3 is 5.97 Å². The first-order valence-electron chi connectivity index (χ1n) is 9.14. The number of amides is 2. The fraction of sp³-hybridized carbons (Fsp3) is 0.526. The van der Waals surface area contributed by atoms with E-state index < -0.39 is 17.9 Å². The van der Waals surface area contributed by atoms with E-state index in [-0.39, 0.29) is 18.4 Å². The lowest BCUT2D eigenvalue weighted by Crippen LogP contribution is -2.43. The predicted molar refractivity (Wildman–Crippen MR) is 96.7 cm³/mol. The summed E-state index contributed by atoms with van der Waals surface area (Å²) in [5, 5.41) is 12.3. The molecule has 2 fully saturated rings. The van der Waals surface area contributed by atoms with E-state index in [2.05, 4.69) is 5.32 Å². The van der Waals surface area contributed by atoms with Gasteiger partial charge in [0.25, 0.3) is 0 Å². The summed E-state index contributed by atoms with van der Waals surface area (Å²) in [6.07, 6.45) is 5.33. The largest absolute Gasteiger partial charge is 0.480 e. The molecule has 1 saturated heterocycles. The van der Waals surface area contributed by atoms with Gasteiger partial charge in [-0.25, -0.2) is 0 Å². The molecule has 1 saturated carbocycles. The first-order valence-corrected chi connectivity index (χ1v) is 9.14. The van der Waals surface area contributed by atoms with Gasteiger partial charge in [0, 0.05) is 30.3 Å². The Morgan fingerprint density at radius 2 is 1.85 bits per heavy atom. The van der Waals surface area contributed by atoms with E-state index in [4.69, 9.17) is 5.73 Å². The Morgan fingerprint density at radius 3 is 2.50 bits per heavy atom. The molecule has 1 aliphatic carbocycles. The van der Waals surface area contributed by atoms with Crippen molar-refractivity contribution in [2.45, 2.75) is 50.6 Å². The number of hydrogen-bond acceptors (Lipinski definition) is 4. The fourth-order valence-electron chi connectivity index (χ4n) is 4.29. The smallest absolute Gasteiger partial charge is 0.320 e. The number of carbonyl (C=O) groups excluding carboxylic acids is 2. The lowest BCUT2D eigenvalue weighted by molar-refractivity contribution is -0.143. The molecule has 2 aliphatic rings. The Bertz CT molecular complexity index is 689. The van der Waals surface area contributed by atoms with Crippen LogP contribution in [0.4, 0.5) is 5.69 Å². The first kappa shape index (κ1) is 18.4. The summed E-state index contributed by atoms with van der Waals surface area (Å²) in [4.78, 5) is 36.9. The zero-order valence-electron chi connectivity index (χ0n) is 14.7. The second-order valence-corrected chi connectivity index (χ2v) is 7.18. The summed E-state index contributed by atoms with van der Waals surface area (Å²) in [5.41, 5.74) is 6.17. The van der Waals surface area contributed by atoms with E-state index in [9.17, 15) is 19.5 Å². The number of nitrogens with one attached hydrogen (secondary N) is 1. The van der Waals surface area contributed by atoms with Crippen LogP contribution in [0, 0.1) is 5.92 Å². The molecule has 1 aromatic carbocycles. The zero-order chi connectivity index (χ0) is 18.7. The number of carboxylic acids is 1. The molecule has 7 heteroatoms. The normalized spacial score (nSPS) is 25.5. The van der Waals surface area contributed by atoms with E-state index in [0.717, 1.165) is 19.3 Å². The van der Waals surface area contributed by atoms with E-state index in [1.807, 2.05) is 4.90 Å². The number of fused-ring (bicyclic) bond motifs is 1. The van der Waals surface area contributed by atoms with Crippen molar-refractivity contribution in [2.24, 2.45) is 11.7 Å². The van der Waals surface area contributed by atoms with E-state index in [1.54, 1.807) is 24.3 Å². The van der Waals surface area contributed by atoms with E-state index in [1.165, 1.54) is 6.42 Å². The minimum absolute atomic E-state index is 0.166. The molecular formula is C19H25N3O4. The number of anilines is 1. The molecule has 7 nitrogen and oxygen atoms in total. The number of rotatable bonds is 6. The Balaban J connectivity index is 1.57. The first-order chi connectivity index (χ1) is 12.5. The molecule has 1 aliphatic heterocycles. The van der Waals surface area contributed by atoms with Gasteiger partial charge in [0.05, 0.1) is 0 Å². The molecule has 3 rings (SSSR count). The highest BCUT2D eigenvalue weighted by atomic mass is 16.4. The molecule has 1 aromatic rings. The Morgan fingerprint density at radius 1 is 1.15 bits per heavy atom. The molecule has 0 aromatic heterocycles. The molecule has 0 spiro atoms. The molecule has 140 valence electrons. The number of likely N-dealkylation sites (tertiary alicyclic amines) is 1. The standard InChI is InChI=1S/C19H25N3O4/c20-18(24)12-5-7-14(8-6-12)21-17(23)9-10-22-15-4-2-1-3-13(15)11-16(22)19(25)26/h5-8,13,15-16H,1-4,9-11H2,(H2,20,24)(H,21,23)(H,25,26). The lowest BCUT2D eigenvalue weighted by atomic mass is 9.85. The van der Waals surface area contributed by atoms with Crippen molar-refractivity contribution in [1.29, 1.82) is 0 Å². The molecule has 3 unspecified atom stereocenters. The number of hydrogen-bond donors (Lipinski definition) is 3. The SMILES string of the molecule is NC(=O)c1ccc(NC(=O)CCN2C(C(=O)O)CC3CCCCC32)cc1. The van der Waals surface area contributed by atoms with Crippen molar-refractivity contribution in [3.63, 3.8) is 0 Å². The average molecular weight is 359 g/mol. The number of nitrogens with two attached hydrogens (primary N) is 1. The Hall–Kier alpha value is -2.41. The maximum atomic E-state index is 12.2. The summed E-state index contributed by atoms with van der Waals surface area (Å²) in [7, 11) is 0. The van der Waals surface area contributed by atoms with Crippen molar-refractivity contribution in [3.05, 3.63) is 29.8 Å². The van der Waals surface area contributed by atoms with Gasteiger partial charge in [-0.05, 0) is 49.4 Å². The van der Waals surface area contributed by atoms with Gasteiger partial charge in [-0.1, -0.05) is 12.8 Å². The highest BCUT2D eigenvalue weighted by Gasteiger charge is 2.44. The van der Waals surface area contributed by atoms with Gasteiger partial charge in [-0.15, -0.1) is 0 Å². The molecule has 1 heterocycles. The molecular weight excluding hydrogens is 334 g/mol. The molecule has 4 N–H and O–H groups in total. The maximum Gasteiger partial charge on any atom is 0.320 e. The number of carbonyl (C=O) groups is 3. The molecule has 0 bridgehead atoms. The van der Waals surface area contributed by atoms with Crippen LogP contribution in [-0.4, -0.2) is 46.4 Å². The van der Waals surface area contributed by atoms with Gasteiger partial charge in [-0.3, -0.25) is 19.3 Å². The van der Waals surface area contributed by atoms with E-state index in [0.29, 0.717) is 30.1 Å². The number of primary amides is 1. The van der Waals surface area contributed by atoms with Gasteiger partial charge in [0.1, 0.15) is 6.04 Å². The topological polar surface area (TPSA) is 113 Å². The quantitative estimate of drug-likeness (QED) is 0.717. The van der Waals surface area contributed by atoms with Crippen LogP contribution in [0.25, 0.3) is 0 Å². The van der Waals surface area contributed by atoms with Crippen molar-refractivity contribution < 1.29 is 19.5 Å². The number of benzene rings is 1. The van der Waals surface area contributed by atoms with Crippen molar-refractivity contribution in [1.82, 2.24) is 4.90 Å². The number of carboxylic acid groups (broad SMARTS) is 1. The monoisotopic (exact) mass is 359 g/mol. The summed E-state index contributed by atoms with van der Waals surface area (Å²) in [6, 6.07) is 6.19. The fourth-order valence-corrected chi connectivity index (χ4v) is 4.29. The summed E-state index contributed by atoms with van der Waals surface area (Å²) in [5.74, 6) is -1.03. The molecule has 2 amide bonds. The Kier molecular flexibility index (Phi) is 5.56. The Labute approximate surface area is 152 Å². The van der Waals surface area contributed by atoms with Crippen LogP contribution < -0.4 is 11.1 Å². The third-order valence-electron chi connectivity index (χ3n) is 5.56. The van der Waals surface area contributed by atoms with Crippen LogP contribution in [0.2, 0.25) is 0 Å². The average Bonchev–Trinajstić information content (AvgIpc) is 2.99. The minimum Gasteiger partial charge on any atom is -0.480 e. The van der Waals surface area contributed by atoms with Gasteiger partial charge < -0.3 is 16.2 Å². The van der Waals surface area contributed by atoms with Crippen LogP contribution in [0.1, 0.15) is 48.9 Å². The van der Waals surface area contributed by atoms with Crippen LogP contribution in [-0.2, 0) is 9.59 Å². The zero-order valence-corrected chi connectivity index (χ0v) is 14.7. The van der Waals surface area contributed by atoms with Gasteiger partial charge in [-0.2, -0.15) is 0 Å². The van der Waals surface area contributed by atoms with Gasteiger partial charge in [0.2, 0.25) is 11.8 Å². The molecule has 26 heavy (non-hydrogen) atoms. The molecule has 0 radical (unpaired) electrons. The van der Waals surface area contributed by atoms with Crippen molar-refractivity contribution in [2.75, 3.05) is 11.9 Å². The second-order valence-electron chi connectivity index (χ2n) is 7.18. The summed E-state index contributed by atoms with van der Waals surface area (Å²) in [6.45, 7) is 0.448. The van der Waals surface area contributed by atoms with Crippen LogP contribution in [0.15, 0.2) is 24.3 Å². The maximum absolute atomic E-state index is 12.2. The number of aliphatic carboxylic acids is 1. The molecule has 3 atom stereocenters. The lowest BCUT2D eigenvalue weighted by Gasteiger charge is -2.32. The van der Waals surface area contributed by atoms with Crippen molar-refractivity contribution >= 4 is 23.5 Å². The van der Waals surface area contributed by atoms with E-state index >= 15 is 0 Å². The van der Waals surface area contributed by atoms with Crippen molar-refractivity contribution in [3.8, 4) is 0 Å². The third-order valence-corrected chi connectivity index (χ3v) is 5.56. The highest BCUT2D eigenvalue weighted by Crippen LogP contribution is 2.39. The van der Waals surface area contributed by atoms with Crippen LogP contribution in [0.3, 0.4) is 0 Å². The summed E-state index contributed by atoms with van der Waals surface area (Å²) >= 11 is 0. The minimum atomic E-state index is -0.790. The predicted octanol–water partition coefficient (Wildman–Crippen LogP) is 1.83. The van der Waals surface area contributed by atoms with Gasteiger partial charge in [0.15, 0.2) is 0 Å². The highest BCUT2D eigenvalue weighted by molar-refractivity contribution is 5.94. The second kappa shape index (κ2) is 7.86. The third kappa shape index (κ3) is 4.04. The summed E-state index contributed by atoms with van der Waals surface area (Å²) < 4.78 is 0. The van der Waals surface area contributed by atoms with Crippen LogP contribution in [0.5, 0.6) is 0 Å². The number of nitrogens with zero attached hydrogens (tertiary/aromatic N) is 1.